The summed E-state index contributed by atoms with van der Waals surface area (Å²) >= 11 is 2.70. The van der Waals surface area contributed by atoms with Gasteiger partial charge >= 0.3 is 5.97 Å². The molecule has 4 aromatic rings. The Kier molecular flexibility index (Phi) is 10.2. The molecule has 4 rings (SSSR count). The number of benzene rings is 3. The molecule has 3 aromatic carbocycles. The number of methoxy groups -OCH3 is 1. The predicted molar refractivity (Wildman–Crippen MR) is 166 cm³/mol. The minimum Gasteiger partial charge on any atom is -0.497 e. The summed E-state index contributed by atoms with van der Waals surface area (Å²) in [7, 11) is 1.55. The molecule has 9 heteroatoms. The van der Waals surface area contributed by atoms with Gasteiger partial charge in [-0.05, 0) is 62.2 Å². The van der Waals surface area contributed by atoms with Crippen LogP contribution >= 0.6 is 23.1 Å². The van der Waals surface area contributed by atoms with E-state index in [4.69, 9.17) is 9.47 Å². The summed E-state index contributed by atoms with van der Waals surface area (Å²) in [6, 6.07) is 22.2. The van der Waals surface area contributed by atoms with E-state index >= 15 is 0 Å². The van der Waals surface area contributed by atoms with Gasteiger partial charge < -0.3 is 20.1 Å². The topological polar surface area (TPSA) is 93.7 Å². The summed E-state index contributed by atoms with van der Waals surface area (Å²) < 4.78 is 10.5. The number of hydrogen-bond acceptors (Lipinski definition) is 7. The lowest BCUT2D eigenvalue weighted by atomic mass is 10.0. The molecule has 1 aromatic heterocycles. The van der Waals surface area contributed by atoms with Gasteiger partial charge in [-0.1, -0.05) is 48.9 Å². The van der Waals surface area contributed by atoms with Crippen LogP contribution < -0.4 is 15.4 Å². The lowest BCUT2D eigenvalue weighted by Crippen LogP contribution is -2.25. The first-order chi connectivity index (χ1) is 19.8. The number of amides is 2. The molecule has 0 radical (unpaired) electrons. The van der Waals surface area contributed by atoms with Gasteiger partial charge in [0.05, 0.1) is 19.0 Å². The van der Waals surface area contributed by atoms with Gasteiger partial charge in [0, 0.05) is 27.1 Å². The first kappa shape index (κ1) is 29.9. The highest BCUT2D eigenvalue weighted by atomic mass is 32.2. The first-order valence-electron chi connectivity index (χ1n) is 13.2. The Morgan fingerprint density at radius 1 is 0.951 bits per heavy atom. The highest BCUT2D eigenvalue weighted by Crippen LogP contribution is 2.37. The molecule has 0 aliphatic heterocycles. The molecule has 0 saturated heterocycles. The molecular weight excluding hydrogens is 556 g/mol. The van der Waals surface area contributed by atoms with Crippen molar-refractivity contribution < 1.29 is 23.9 Å². The molecule has 2 N–H and O–H groups in total. The molecule has 41 heavy (non-hydrogen) atoms. The van der Waals surface area contributed by atoms with Crippen LogP contribution in [0.2, 0.25) is 0 Å². The van der Waals surface area contributed by atoms with E-state index in [1.807, 2.05) is 61.7 Å². The molecule has 212 valence electrons. The maximum atomic E-state index is 13.4. The first-order valence-corrected chi connectivity index (χ1v) is 15.0. The maximum absolute atomic E-state index is 13.4. The molecule has 1 unspecified atom stereocenters. The van der Waals surface area contributed by atoms with Crippen molar-refractivity contribution >= 4 is 51.6 Å². The average Bonchev–Trinajstić information content (AvgIpc) is 3.40. The molecular formula is C32H32N2O5S2. The van der Waals surface area contributed by atoms with E-state index in [-0.39, 0.29) is 18.4 Å². The van der Waals surface area contributed by atoms with Crippen molar-refractivity contribution in [3.63, 3.8) is 0 Å². The van der Waals surface area contributed by atoms with E-state index < -0.39 is 11.2 Å². The van der Waals surface area contributed by atoms with Crippen LogP contribution in [0.4, 0.5) is 10.7 Å². The molecule has 1 heterocycles. The molecule has 7 nitrogen and oxygen atoms in total. The molecule has 1 atom stereocenters. The smallest absolute Gasteiger partial charge is 0.341 e. The number of thiophene rings is 1. The number of carbonyl (C=O) groups excluding carboxylic acids is 3. The van der Waals surface area contributed by atoms with Crippen LogP contribution in [-0.4, -0.2) is 36.8 Å². The molecule has 0 saturated carbocycles. The van der Waals surface area contributed by atoms with Crippen molar-refractivity contribution in [2.45, 2.75) is 37.3 Å². The van der Waals surface area contributed by atoms with E-state index in [0.29, 0.717) is 34.0 Å². The molecule has 0 bridgehead atoms. The van der Waals surface area contributed by atoms with Gasteiger partial charge in [-0.3, -0.25) is 9.59 Å². The van der Waals surface area contributed by atoms with Gasteiger partial charge in [-0.25, -0.2) is 4.79 Å². The minimum absolute atomic E-state index is 0.217. The Balaban J connectivity index is 1.50. The van der Waals surface area contributed by atoms with Crippen LogP contribution in [0.3, 0.4) is 0 Å². The van der Waals surface area contributed by atoms with Gasteiger partial charge in [0.15, 0.2) is 0 Å². The van der Waals surface area contributed by atoms with Crippen LogP contribution in [0.25, 0.3) is 11.1 Å². The van der Waals surface area contributed by atoms with Crippen molar-refractivity contribution in [1.82, 2.24) is 0 Å². The van der Waals surface area contributed by atoms with Gasteiger partial charge in [-0.15, -0.1) is 23.1 Å². The summed E-state index contributed by atoms with van der Waals surface area (Å²) in [6.07, 6.45) is 0.557. The summed E-state index contributed by atoms with van der Waals surface area (Å²) in [5.41, 5.74) is 4.17. The zero-order valence-electron chi connectivity index (χ0n) is 23.4. The molecule has 0 fully saturated rings. The van der Waals surface area contributed by atoms with E-state index in [9.17, 15) is 14.4 Å². The SMILES string of the molecule is CCOC(=O)c1c(-c2ccc(C)cc2)csc1NC(=O)C(CC)Sc1cccc(NC(=O)c2cccc(OC)c2)c1. The van der Waals surface area contributed by atoms with Gasteiger partial charge in [-0.2, -0.15) is 0 Å². The second kappa shape index (κ2) is 14.0. The van der Waals surface area contributed by atoms with Crippen molar-refractivity contribution in [3.8, 4) is 16.9 Å². The van der Waals surface area contributed by atoms with E-state index in [2.05, 4.69) is 10.6 Å². The maximum Gasteiger partial charge on any atom is 0.341 e. The zero-order valence-corrected chi connectivity index (χ0v) is 25.0. The number of thioether (sulfide) groups is 1. The average molecular weight is 589 g/mol. The standard InChI is InChI=1S/C32H32N2O5S2/c1-5-27(41-25-12-8-10-23(18-25)33-29(35)22-9-7-11-24(17-22)38-4)30(36)34-31-28(32(37)39-6-2)26(19-40-31)21-15-13-20(3)14-16-21/h7-19,27H,5-6H2,1-4H3,(H,33,35)(H,34,36). The number of rotatable bonds is 11. The second-order valence-corrected chi connectivity index (χ2v) is 11.3. The quantitative estimate of drug-likeness (QED) is 0.138. The Labute approximate surface area is 248 Å². The van der Waals surface area contributed by atoms with E-state index in [1.165, 1.54) is 23.1 Å². The number of carbonyl (C=O) groups is 3. The van der Waals surface area contributed by atoms with Gasteiger partial charge in [0.1, 0.15) is 16.3 Å². The van der Waals surface area contributed by atoms with E-state index in [1.54, 1.807) is 44.4 Å². The number of nitrogens with one attached hydrogen (secondary N) is 2. The van der Waals surface area contributed by atoms with Crippen LogP contribution in [-0.2, 0) is 9.53 Å². The molecule has 0 spiro atoms. The highest BCUT2D eigenvalue weighted by Gasteiger charge is 2.26. The van der Waals surface area contributed by atoms with Crippen molar-refractivity contribution in [2.24, 2.45) is 0 Å². The number of anilines is 2. The zero-order chi connectivity index (χ0) is 29.4. The fourth-order valence-corrected chi connectivity index (χ4v) is 6.07. The fraction of sp³-hybridized carbons (Fsp3) is 0.219. The van der Waals surface area contributed by atoms with Crippen molar-refractivity contribution in [3.05, 3.63) is 94.9 Å². The number of aryl methyl sites for hydroxylation is 1. The van der Waals surface area contributed by atoms with Crippen LogP contribution in [0.1, 0.15) is 46.5 Å². The van der Waals surface area contributed by atoms with Gasteiger partial charge in [0.25, 0.3) is 5.91 Å². The molecule has 0 aliphatic carbocycles. The van der Waals surface area contributed by atoms with Crippen LogP contribution in [0.5, 0.6) is 5.75 Å². The highest BCUT2D eigenvalue weighted by molar-refractivity contribution is 8.00. The second-order valence-electron chi connectivity index (χ2n) is 9.16. The lowest BCUT2D eigenvalue weighted by Gasteiger charge is -2.16. The summed E-state index contributed by atoms with van der Waals surface area (Å²) in [5.74, 6) is -0.350. The fourth-order valence-electron chi connectivity index (χ4n) is 4.10. The molecule has 0 aliphatic rings. The largest absolute Gasteiger partial charge is 0.497 e. The summed E-state index contributed by atoms with van der Waals surface area (Å²) in [4.78, 5) is 40.0. The van der Waals surface area contributed by atoms with Crippen molar-refractivity contribution in [1.29, 1.82) is 0 Å². The third kappa shape index (κ3) is 7.56. The summed E-state index contributed by atoms with van der Waals surface area (Å²) in [5, 5.41) is 7.78. The molecule has 2 amide bonds. The number of ether oxygens (including phenoxy) is 2. The Morgan fingerprint density at radius 2 is 1.71 bits per heavy atom. The normalized spacial score (nSPS) is 11.4. The minimum atomic E-state index is -0.472. The number of hydrogen-bond donors (Lipinski definition) is 2. The lowest BCUT2D eigenvalue weighted by molar-refractivity contribution is -0.115. The third-order valence-corrected chi connectivity index (χ3v) is 8.49. The van der Waals surface area contributed by atoms with Gasteiger partial charge in [0.2, 0.25) is 5.91 Å². The summed E-state index contributed by atoms with van der Waals surface area (Å²) in [6.45, 7) is 5.92. The van der Waals surface area contributed by atoms with E-state index in [0.717, 1.165) is 21.6 Å². The number of esters is 1. The Bertz CT molecular complexity index is 1530. The van der Waals surface area contributed by atoms with Crippen molar-refractivity contribution in [2.75, 3.05) is 24.4 Å². The van der Waals surface area contributed by atoms with Crippen LogP contribution in [0, 0.1) is 6.92 Å². The predicted octanol–water partition coefficient (Wildman–Crippen LogP) is 7.67. The van der Waals surface area contributed by atoms with Crippen LogP contribution in [0.15, 0.2) is 83.1 Å². The Morgan fingerprint density at radius 3 is 2.41 bits per heavy atom. The third-order valence-electron chi connectivity index (χ3n) is 6.24. The Hall–Kier alpha value is -4.08. The monoisotopic (exact) mass is 588 g/mol.